The van der Waals surface area contributed by atoms with Crippen LogP contribution in [0.4, 0.5) is 10.5 Å². The molecular formula is C12H15N3O4. The topological polar surface area (TPSA) is 122 Å². The van der Waals surface area contributed by atoms with E-state index in [1.807, 2.05) is 0 Å². The highest BCUT2D eigenvalue weighted by Crippen LogP contribution is 2.15. The lowest BCUT2D eigenvalue weighted by atomic mass is 10.1. The Morgan fingerprint density at radius 2 is 2.00 bits per heavy atom. The largest absolute Gasteiger partial charge is 0.478 e. The van der Waals surface area contributed by atoms with E-state index in [-0.39, 0.29) is 18.5 Å². The first-order valence-corrected chi connectivity index (χ1v) is 5.57. The van der Waals surface area contributed by atoms with Crippen molar-refractivity contribution in [3.8, 4) is 0 Å². The highest BCUT2D eigenvalue weighted by atomic mass is 16.4. The first-order valence-electron chi connectivity index (χ1n) is 5.57. The Labute approximate surface area is 109 Å². The van der Waals surface area contributed by atoms with Crippen LogP contribution in [0.5, 0.6) is 0 Å². The maximum Gasteiger partial charge on any atom is 0.336 e. The summed E-state index contributed by atoms with van der Waals surface area (Å²) in [7, 11) is 0. The van der Waals surface area contributed by atoms with Crippen LogP contribution >= 0.6 is 0 Å². The van der Waals surface area contributed by atoms with Crippen LogP contribution in [0.25, 0.3) is 0 Å². The first kappa shape index (κ1) is 14.5. The monoisotopic (exact) mass is 265 g/mol. The number of hydrogen-bond acceptors (Lipinski definition) is 3. The van der Waals surface area contributed by atoms with Crippen LogP contribution in [0.2, 0.25) is 0 Å². The maximum atomic E-state index is 11.4. The molecular weight excluding hydrogens is 250 g/mol. The minimum absolute atomic E-state index is 0.0433. The van der Waals surface area contributed by atoms with E-state index in [4.69, 9.17) is 10.8 Å². The summed E-state index contributed by atoms with van der Waals surface area (Å²) in [6.45, 7) is 1.79. The number of benzene rings is 1. The molecule has 1 rings (SSSR count). The van der Waals surface area contributed by atoms with E-state index in [0.717, 1.165) is 0 Å². The zero-order valence-corrected chi connectivity index (χ0v) is 10.4. The van der Waals surface area contributed by atoms with Gasteiger partial charge in [0.15, 0.2) is 0 Å². The average Bonchev–Trinajstić information content (AvgIpc) is 2.30. The van der Waals surface area contributed by atoms with Crippen molar-refractivity contribution in [2.75, 3.05) is 11.9 Å². The second-order valence-electron chi connectivity index (χ2n) is 3.93. The molecule has 3 amide bonds. The van der Waals surface area contributed by atoms with Gasteiger partial charge in [-0.2, -0.15) is 0 Å². The third-order valence-electron chi connectivity index (χ3n) is 2.38. The lowest BCUT2D eigenvalue weighted by molar-refractivity contribution is -0.117. The highest BCUT2D eigenvalue weighted by molar-refractivity contribution is 5.94. The van der Waals surface area contributed by atoms with Crippen molar-refractivity contribution < 1.29 is 19.5 Å². The molecule has 0 unspecified atom stereocenters. The molecule has 0 radical (unpaired) electrons. The fourth-order valence-corrected chi connectivity index (χ4v) is 1.40. The molecule has 5 N–H and O–H groups in total. The van der Waals surface area contributed by atoms with E-state index in [2.05, 4.69) is 10.6 Å². The first-order chi connectivity index (χ1) is 8.90. The minimum atomic E-state index is -1.06. The molecule has 102 valence electrons. The lowest BCUT2D eigenvalue weighted by Gasteiger charge is -2.08. The van der Waals surface area contributed by atoms with E-state index < -0.39 is 17.9 Å². The van der Waals surface area contributed by atoms with Crippen LogP contribution in [0.1, 0.15) is 22.3 Å². The van der Waals surface area contributed by atoms with Crippen molar-refractivity contribution in [3.05, 3.63) is 29.3 Å². The molecule has 0 aliphatic rings. The summed E-state index contributed by atoms with van der Waals surface area (Å²) in [5, 5.41) is 13.8. The second kappa shape index (κ2) is 6.39. The standard InChI is InChI=1S/C12H15N3O4/c1-7-2-3-8(6-9(7)11(17)18)15-12(19)14-5-4-10(13)16/h2-3,6H,4-5H2,1H3,(H2,13,16)(H,17,18)(H2,14,15,19). The zero-order chi connectivity index (χ0) is 14.4. The fraction of sp³-hybridized carbons (Fsp3) is 0.250. The van der Waals surface area contributed by atoms with Gasteiger partial charge in [-0.1, -0.05) is 6.07 Å². The highest BCUT2D eigenvalue weighted by Gasteiger charge is 2.09. The van der Waals surface area contributed by atoms with Crippen LogP contribution in [-0.2, 0) is 4.79 Å². The number of carboxylic acids is 1. The molecule has 0 bridgehead atoms. The smallest absolute Gasteiger partial charge is 0.336 e. The zero-order valence-electron chi connectivity index (χ0n) is 10.4. The van der Waals surface area contributed by atoms with Gasteiger partial charge in [-0.3, -0.25) is 4.79 Å². The van der Waals surface area contributed by atoms with Gasteiger partial charge < -0.3 is 21.5 Å². The molecule has 0 aromatic heterocycles. The minimum Gasteiger partial charge on any atom is -0.478 e. The number of aryl methyl sites for hydroxylation is 1. The van der Waals surface area contributed by atoms with Gasteiger partial charge in [0.2, 0.25) is 5.91 Å². The number of carbonyl (C=O) groups excluding carboxylic acids is 2. The summed E-state index contributed by atoms with van der Waals surface area (Å²) in [5.74, 6) is -1.57. The number of amides is 3. The van der Waals surface area contributed by atoms with Crippen LogP contribution < -0.4 is 16.4 Å². The maximum absolute atomic E-state index is 11.4. The Hall–Kier alpha value is -2.57. The van der Waals surface area contributed by atoms with Crippen molar-refractivity contribution >= 4 is 23.6 Å². The van der Waals surface area contributed by atoms with Gasteiger partial charge in [0.05, 0.1) is 5.56 Å². The summed E-state index contributed by atoms with van der Waals surface area (Å²) in [6, 6.07) is 4.03. The van der Waals surface area contributed by atoms with Gasteiger partial charge in [0, 0.05) is 18.7 Å². The van der Waals surface area contributed by atoms with Gasteiger partial charge in [-0.25, -0.2) is 9.59 Å². The fourth-order valence-electron chi connectivity index (χ4n) is 1.40. The predicted octanol–water partition coefficient (Wildman–Crippen LogP) is 0.690. The van der Waals surface area contributed by atoms with Crippen LogP contribution in [0, 0.1) is 6.92 Å². The molecule has 0 aliphatic heterocycles. The van der Waals surface area contributed by atoms with E-state index in [0.29, 0.717) is 11.3 Å². The molecule has 0 spiro atoms. The number of nitrogens with one attached hydrogen (secondary N) is 2. The summed E-state index contributed by atoms with van der Waals surface area (Å²) in [6.07, 6.45) is 0.0433. The van der Waals surface area contributed by atoms with Crippen LogP contribution in [0.15, 0.2) is 18.2 Å². The molecule has 0 aliphatic carbocycles. The Bertz CT molecular complexity index is 514. The number of carboxylic acid groups (broad SMARTS) is 1. The Morgan fingerprint density at radius 1 is 1.32 bits per heavy atom. The van der Waals surface area contributed by atoms with Gasteiger partial charge in [-0.05, 0) is 24.6 Å². The number of aromatic carboxylic acids is 1. The molecule has 0 heterocycles. The number of hydrogen-bond donors (Lipinski definition) is 4. The lowest BCUT2D eigenvalue weighted by Crippen LogP contribution is -2.31. The predicted molar refractivity (Wildman–Crippen MR) is 69.0 cm³/mol. The van der Waals surface area contributed by atoms with Crippen molar-refractivity contribution in [1.29, 1.82) is 0 Å². The van der Waals surface area contributed by atoms with Crippen molar-refractivity contribution in [2.45, 2.75) is 13.3 Å². The summed E-state index contributed by atoms with van der Waals surface area (Å²) in [4.78, 5) is 32.8. The van der Waals surface area contributed by atoms with E-state index in [1.54, 1.807) is 19.1 Å². The van der Waals surface area contributed by atoms with Crippen molar-refractivity contribution in [2.24, 2.45) is 5.73 Å². The molecule has 0 saturated carbocycles. The molecule has 7 heteroatoms. The molecule has 0 saturated heterocycles. The van der Waals surface area contributed by atoms with Gasteiger partial charge in [0.25, 0.3) is 0 Å². The third kappa shape index (κ3) is 4.66. The summed E-state index contributed by atoms with van der Waals surface area (Å²) in [5.41, 5.74) is 6.01. The third-order valence-corrected chi connectivity index (χ3v) is 2.38. The normalized spacial score (nSPS) is 9.74. The van der Waals surface area contributed by atoms with Crippen LogP contribution in [0.3, 0.4) is 0 Å². The molecule has 1 aromatic carbocycles. The van der Waals surface area contributed by atoms with E-state index >= 15 is 0 Å². The molecule has 0 fully saturated rings. The number of anilines is 1. The average molecular weight is 265 g/mol. The molecule has 19 heavy (non-hydrogen) atoms. The summed E-state index contributed by atoms with van der Waals surface area (Å²) < 4.78 is 0. The van der Waals surface area contributed by atoms with Crippen molar-refractivity contribution in [3.63, 3.8) is 0 Å². The quantitative estimate of drug-likeness (QED) is 0.625. The van der Waals surface area contributed by atoms with E-state index in [9.17, 15) is 14.4 Å². The van der Waals surface area contributed by atoms with Crippen molar-refractivity contribution in [1.82, 2.24) is 5.32 Å². The number of nitrogens with two attached hydrogens (primary N) is 1. The number of urea groups is 1. The molecule has 0 atom stereocenters. The Balaban J connectivity index is 2.62. The number of rotatable bonds is 5. The Morgan fingerprint density at radius 3 is 2.58 bits per heavy atom. The van der Waals surface area contributed by atoms with Gasteiger partial charge in [0.1, 0.15) is 0 Å². The SMILES string of the molecule is Cc1ccc(NC(=O)NCCC(N)=O)cc1C(=O)O. The van der Waals surface area contributed by atoms with E-state index in [1.165, 1.54) is 6.07 Å². The number of primary amides is 1. The molecule has 7 nitrogen and oxygen atoms in total. The second-order valence-corrected chi connectivity index (χ2v) is 3.93. The molecule has 1 aromatic rings. The van der Waals surface area contributed by atoms with Gasteiger partial charge >= 0.3 is 12.0 Å². The Kier molecular flexibility index (Phi) is 4.87. The number of carbonyl (C=O) groups is 3. The summed E-state index contributed by atoms with van der Waals surface area (Å²) >= 11 is 0. The van der Waals surface area contributed by atoms with Crippen LogP contribution in [-0.4, -0.2) is 29.6 Å². The van der Waals surface area contributed by atoms with Gasteiger partial charge in [-0.15, -0.1) is 0 Å².